The van der Waals surface area contributed by atoms with Crippen molar-refractivity contribution in [3.63, 3.8) is 0 Å². The first-order chi connectivity index (χ1) is 10.7. The molecule has 0 amide bonds. The summed E-state index contributed by atoms with van der Waals surface area (Å²) in [6.07, 6.45) is 2.57. The predicted octanol–water partition coefficient (Wildman–Crippen LogP) is 3.35. The van der Waals surface area contributed by atoms with E-state index >= 15 is 0 Å². The highest BCUT2D eigenvalue weighted by atomic mass is 16.5. The molecule has 2 aromatic carbocycles. The fraction of sp³-hybridized carbons (Fsp3) is 0.167. The van der Waals surface area contributed by atoms with Crippen molar-refractivity contribution in [3.8, 4) is 11.5 Å². The maximum absolute atomic E-state index is 12.0. The van der Waals surface area contributed by atoms with Gasteiger partial charge in [-0.1, -0.05) is 18.2 Å². The highest BCUT2D eigenvalue weighted by molar-refractivity contribution is 5.91. The number of ether oxygens (including phenoxy) is 2. The molecule has 0 aliphatic carbocycles. The second kappa shape index (κ2) is 8.00. The molecule has 0 radical (unpaired) electrons. The van der Waals surface area contributed by atoms with E-state index in [9.17, 15) is 4.79 Å². The molecule has 0 fully saturated rings. The molecule has 0 aromatic heterocycles. The number of benzene rings is 2. The Morgan fingerprint density at radius 3 is 2.27 bits per heavy atom. The summed E-state index contributed by atoms with van der Waals surface area (Å²) in [4.78, 5) is 12.0. The largest absolute Gasteiger partial charge is 0.493 e. The van der Waals surface area contributed by atoms with Gasteiger partial charge < -0.3 is 14.6 Å². The first-order valence-electron chi connectivity index (χ1n) is 6.98. The van der Waals surface area contributed by atoms with Gasteiger partial charge in [0, 0.05) is 0 Å². The summed E-state index contributed by atoms with van der Waals surface area (Å²) in [5, 5.41) is 8.97. The van der Waals surface area contributed by atoms with Crippen LogP contribution in [0.5, 0.6) is 11.5 Å². The lowest BCUT2D eigenvalue weighted by atomic mass is 10.1. The summed E-state index contributed by atoms with van der Waals surface area (Å²) < 4.78 is 10.8. The molecular formula is C18H18O4. The van der Waals surface area contributed by atoms with Gasteiger partial charge in [0.2, 0.25) is 0 Å². The molecule has 0 spiro atoms. The number of aliphatic hydroxyl groups is 1. The normalized spacial score (nSPS) is 10.0. The van der Waals surface area contributed by atoms with Crippen LogP contribution < -0.4 is 9.47 Å². The monoisotopic (exact) mass is 298 g/mol. The lowest BCUT2D eigenvalue weighted by molar-refractivity contribution is 0.0734. The molecule has 1 N–H and O–H groups in total. The van der Waals surface area contributed by atoms with Gasteiger partial charge in [0.05, 0.1) is 18.8 Å². The van der Waals surface area contributed by atoms with Crippen molar-refractivity contribution in [2.75, 3.05) is 6.61 Å². The molecule has 0 atom stereocenters. The van der Waals surface area contributed by atoms with Crippen LogP contribution >= 0.6 is 0 Å². The van der Waals surface area contributed by atoms with E-state index in [0.29, 0.717) is 23.7 Å². The third kappa shape index (κ3) is 4.46. The molecular weight excluding hydrogens is 280 g/mol. The van der Waals surface area contributed by atoms with E-state index < -0.39 is 5.97 Å². The Morgan fingerprint density at radius 2 is 1.68 bits per heavy atom. The van der Waals surface area contributed by atoms with Gasteiger partial charge in [0.15, 0.2) is 0 Å². The van der Waals surface area contributed by atoms with Crippen molar-refractivity contribution < 1.29 is 19.4 Å². The van der Waals surface area contributed by atoms with Crippen LogP contribution in [0.1, 0.15) is 22.3 Å². The molecule has 2 rings (SSSR count). The molecule has 0 saturated carbocycles. The Bertz CT molecular complexity index is 615. The summed E-state index contributed by atoms with van der Waals surface area (Å²) >= 11 is 0. The highest BCUT2D eigenvalue weighted by Crippen LogP contribution is 2.19. The molecule has 2 aromatic rings. The van der Waals surface area contributed by atoms with Gasteiger partial charge in [-0.3, -0.25) is 0 Å². The Morgan fingerprint density at radius 1 is 1.05 bits per heavy atom. The summed E-state index contributed by atoms with van der Waals surface area (Å²) in [6, 6.07) is 13.5. The third-order valence-electron chi connectivity index (χ3n) is 3.00. The first-order valence-corrected chi connectivity index (χ1v) is 6.98. The molecule has 22 heavy (non-hydrogen) atoms. The number of rotatable bonds is 7. The number of carbonyl (C=O) groups is 1. The van der Waals surface area contributed by atoms with Crippen molar-refractivity contribution in [2.24, 2.45) is 0 Å². The summed E-state index contributed by atoms with van der Waals surface area (Å²) in [7, 11) is 0. The zero-order valence-electron chi connectivity index (χ0n) is 12.2. The molecule has 114 valence electrons. The highest BCUT2D eigenvalue weighted by Gasteiger charge is 2.08. The predicted molar refractivity (Wildman–Crippen MR) is 84.1 cm³/mol. The van der Waals surface area contributed by atoms with Crippen LogP contribution in [0.25, 0.3) is 0 Å². The van der Waals surface area contributed by atoms with E-state index in [1.165, 1.54) is 0 Å². The van der Waals surface area contributed by atoms with Gasteiger partial charge >= 0.3 is 5.97 Å². The van der Waals surface area contributed by atoms with Crippen LogP contribution in [0.3, 0.4) is 0 Å². The van der Waals surface area contributed by atoms with Gasteiger partial charge in [-0.15, -0.1) is 6.58 Å². The Balaban J connectivity index is 1.94. The summed E-state index contributed by atoms with van der Waals surface area (Å²) in [6.45, 7) is 4.14. The third-order valence-corrected chi connectivity index (χ3v) is 3.00. The zero-order valence-corrected chi connectivity index (χ0v) is 12.2. The van der Waals surface area contributed by atoms with E-state index in [1.807, 2.05) is 0 Å². The van der Waals surface area contributed by atoms with Crippen molar-refractivity contribution >= 4 is 5.97 Å². The molecule has 4 heteroatoms. The van der Waals surface area contributed by atoms with Gasteiger partial charge in [-0.2, -0.15) is 0 Å². The lowest BCUT2D eigenvalue weighted by Crippen LogP contribution is -2.08. The van der Waals surface area contributed by atoms with Crippen molar-refractivity contribution in [3.05, 3.63) is 72.3 Å². The molecule has 0 bridgehead atoms. The molecule has 0 aliphatic heterocycles. The molecule has 0 aliphatic rings. The maximum Gasteiger partial charge on any atom is 0.343 e. The second-order valence-corrected chi connectivity index (χ2v) is 4.64. The Labute approximate surface area is 129 Å². The van der Waals surface area contributed by atoms with Crippen LogP contribution in [-0.4, -0.2) is 17.7 Å². The number of esters is 1. The number of hydrogen-bond donors (Lipinski definition) is 1. The minimum atomic E-state index is -0.440. The van der Waals surface area contributed by atoms with Crippen LogP contribution in [0.2, 0.25) is 0 Å². The molecule has 0 saturated heterocycles. The Hall–Kier alpha value is -2.59. The molecule has 0 heterocycles. The standard InChI is InChI=1S/C18H18O4/c1-2-3-12-21-16-8-10-17(11-9-16)22-18(20)15-6-4-14(13-19)5-7-15/h2,4-11,19H,1,3,12-13H2. The van der Waals surface area contributed by atoms with E-state index in [2.05, 4.69) is 6.58 Å². The number of carbonyl (C=O) groups excluding carboxylic acids is 1. The molecule has 0 unspecified atom stereocenters. The van der Waals surface area contributed by atoms with Crippen LogP contribution in [0.15, 0.2) is 61.2 Å². The van der Waals surface area contributed by atoms with Crippen molar-refractivity contribution in [2.45, 2.75) is 13.0 Å². The van der Waals surface area contributed by atoms with E-state index in [0.717, 1.165) is 12.0 Å². The summed E-state index contributed by atoms with van der Waals surface area (Å²) in [5.41, 5.74) is 1.18. The first kappa shape index (κ1) is 15.8. The SMILES string of the molecule is C=CCCOc1ccc(OC(=O)c2ccc(CO)cc2)cc1. The van der Waals surface area contributed by atoms with Gasteiger partial charge in [-0.05, 0) is 48.4 Å². The van der Waals surface area contributed by atoms with Gasteiger partial charge in [0.25, 0.3) is 0 Å². The van der Waals surface area contributed by atoms with Gasteiger partial charge in [-0.25, -0.2) is 4.79 Å². The smallest absolute Gasteiger partial charge is 0.343 e. The number of hydrogen-bond acceptors (Lipinski definition) is 4. The minimum Gasteiger partial charge on any atom is -0.493 e. The van der Waals surface area contributed by atoms with Crippen LogP contribution in [0, 0.1) is 0 Å². The molecule has 4 nitrogen and oxygen atoms in total. The lowest BCUT2D eigenvalue weighted by Gasteiger charge is -2.07. The Kier molecular flexibility index (Phi) is 5.74. The fourth-order valence-corrected chi connectivity index (χ4v) is 1.78. The van der Waals surface area contributed by atoms with E-state index in [1.54, 1.807) is 54.6 Å². The topological polar surface area (TPSA) is 55.8 Å². The van der Waals surface area contributed by atoms with Crippen molar-refractivity contribution in [1.29, 1.82) is 0 Å². The average Bonchev–Trinajstić information content (AvgIpc) is 2.57. The second-order valence-electron chi connectivity index (χ2n) is 4.64. The average molecular weight is 298 g/mol. The van der Waals surface area contributed by atoms with Crippen molar-refractivity contribution in [1.82, 2.24) is 0 Å². The van der Waals surface area contributed by atoms with E-state index in [4.69, 9.17) is 14.6 Å². The quantitative estimate of drug-likeness (QED) is 0.368. The number of aliphatic hydroxyl groups excluding tert-OH is 1. The zero-order chi connectivity index (χ0) is 15.8. The maximum atomic E-state index is 12.0. The summed E-state index contributed by atoms with van der Waals surface area (Å²) in [5.74, 6) is 0.728. The van der Waals surface area contributed by atoms with Crippen LogP contribution in [0.4, 0.5) is 0 Å². The fourth-order valence-electron chi connectivity index (χ4n) is 1.78. The van der Waals surface area contributed by atoms with Gasteiger partial charge in [0.1, 0.15) is 11.5 Å². The van der Waals surface area contributed by atoms with E-state index in [-0.39, 0.29) is 6.61 Å². The van der Waals surface area contributed by atoms with Crippen LogP contribution in [-0.2, 0) is 6.61 Å². The minimum absolute atomic E-state index is 0.0529.